The molecule has 2 heterocycles. The van der Waals surface area contributed by atoms with Crippen LogP contribution >= 0.6 is 0 Å². The fraction of sp³-hybridized carbons (Fsp3) is 1.00. The molecule has 0 saturated carbocycles. The molecule has 2 N–H and O–H groups in total. The fourth-order valence-electron chi connectivity index (χ4n) is 2.81. The summed E-state index contributed by atoms with van der Waals surface area (Å²) in [7, 11) is 2.23. The van der Waals surface area contributed by atoms with Crippen LogP contribution in [0.1, 0.15) is 25.7 Å². The first-order chi connectivity index (χ1) is 6.75. The van der Waals surface area contributed by atoms with Gasteiger partial charge in [0.15, 0.2) is 0 Å². The first-order valence-corrected chi connectivity index (χ1v) is 5.94. The standard InChI is InChI=1S/C11H23N3/c1-13-6-3-5-11(9-13)14-7-2-4-10(12)8-14/h10-11H,2-9,12H2,1H3. The predicted molar refractivity (Wildman–Crippen MR) is 59.3 cm³/mol. The van der Waals surface area contributed by atoms with E-state index in [9.17, 15) is 0 Å². The molecular formula is C11H23N3. The maximum absolute atomic E-state index is 6.01. The van der Waals surface area contributed by atoms with Crippen LogP contribution in [0.5, 0.6) is 0 Å². The van der Waals surface area contributed by atoms with E-state index in [0.717, 1.165) is 12.6 Å². The third-order valence-corrected chi connectivity index (χ3v) is 3.61. The van der Waals surface area contributed by atoms with Gasteiger partial charge in [0, 0.05) is 25.2 Å². The monoisotopic (exact) mass is 197 g/mol. The van der Waals surface area contributed by atoms with Crippen LogP contribution in [0.2, 0.25) is 0 Å². The Bertz CT molecular complexity index is 163. The summed E-state index contributed by atoms with van der Waals surface area (Å²) in [6, 6.07) is 1.20. The Morgan fingerprint density at radius 1 is 1.07 bits per heavy atom. The second kappa shape index (κ2) is 4.60. The molecule has 82 valence electrons. The molecule has 0 amide bonds. The van der Waals surface area contributed by atoms with Crippen molar-refractivity contribution in [1.82, 2.24) is 9.80 Å². The number of rotatable bonds is 1. The van der Waals surface area contributed by atoms with E-state index >= 15 is 0 Å². The number of hydrogen-bond donors (Lipinski definition) is 1. The molecule has 2 aliphatic rings. The summed E-state index contributed by atoms with van der Waals surface area (Å²) in [6.07, 6.45) is 5.24. The van der Waals surface area contributed by atoms with Crippen molar-refractivity contribution in [3.05, 3.63) is 0 Å². The summed E-state index contributed by atoms with van der Waals surface area (Å²) in [5.41, 5.74) is 6.01. The van der Waals surface area contributed by atoms with Gasteiger partial charge in [-0.15, -0.1) is 0 Å². The Morgan fingerprint density at radius 2 is 1.86 bits per heavy atom. The minimum Gasteiger partial charge on any atom is -0.327 e. The minimum atomic E-state index is 0.427. The Hall–Kier alpha value is -0.120. The van der Waals surface area contributed by atoms with E-state index in [2.05, 4.69) is 16.8 Å². The molecule has 2 atom stereocenters. The normalized spacial score (nSPS) is 37.3. The molecule has 3 heteroatoms. The van der Waals surface area contributed by atoms with Gasteiger partial charge in [-0.3, -0.25) is 4.90 Å². The minimum absolute atomic E-state index is 0.427. The zero-order valence-electron chi connectivity index (χ0n) is 9.28. The second-order valence-electron chi connectivity index (χ2n) is 4.96. The first-order valence-electron chi connectivity index (χ1n) is 5.94. The summed E-state index contributed by atoms with van der Waals surface area (Å²) >= 11 is 0. The van der Waals surface area contributed by atoms with Gasteiger partial charge in [0.1, 0.15) is 0 Å². The molecule has 0 bridgehead atoms. The molecule has 0 spiro atoms. The Kier molecular flexibility index (Phi) is 3.42. The van der Waals surface area contributed by atoms with E-state index in [1.165, 1.54) is 45.3 Å². The molecule has 2 saturated heterocycles. The van der Waals surface area contributed by atoms with Gasteiger partial charge in [0.05, 0.1) is 0 Å². The third kappa shape index (κ3) is 2.47. The van der Waals surface area contributed by atoms with Crippen LogP contribution in [0.25, 0.3) is 0 Å². The number of nitrogens with zero attached hydrogens (tertiary/aromatic N) is 2. The van der Waals surface area contributed by atoms with E-state index in [1.807, 2.05) is 0 Å². The van der Waals surface area contributed by atoms with Gasteiger partial charge < -0.3 is 10.6 Å². The summed E-state index contributed by atoms with van der Waals surface area (Å²) in [5.74, 6) is 0. The van der Waals surface area contributed by atoms with Crippen LogP contribution in [-0.2, 0) is 0 Å². The highest BCUT2D eigenvalue weighted by Crippen LogP contribution is 2.18. The molecule has 0 aliphatic carbocycles. The lowest BCUT2D eigenvalue weighted by molar-refractivity contribution is 0.0875. The largest absolute Gasteiger partial charge is 0.327 e. The number of hydrogen-bond acceptors (Lipinski definition) is 3. The lowest BCUT2D eigenvalue weighted by Gasteiger charge is -2.41. The van der Waals surface area contributed by atoms with Gasteiger partial charge in [0.2, 0.25) is 0 Å². The van der Waals surface area contributed by atoms with Gasteiger partial charge in [0.25, 0.3) is 0 Å². The molecular weight excluding hydrogens is 174 g/mol. The Labute approximate surface area is 87.2 Å². The fourth-order valence-corrected chi connectivity index (χ4v) is 2.81. The summed E-state index contributed by atoms with van der Waals surface area (Å²) in [6.45, 7) is 4.91. The Balaban J connectivity index is 1.86. The van der Waals surface area contributed by atoms with E-state index < -0.39 is 0 Å². The summed E-state index contributed by atoms with van der Waals surface area (Å²) in [4.78, 5) is 5.07. The van der Waals surface area contributed by atoms with Gasteiger partial charge in [-0.2, -0.15) is 0 Å². The molecule has 3 nitrogen and oxygen atoms in total. The summed E-state index contributed by atoms with van der Waals surface area (Å²) < 4.78 is 0. The van der Waals surface area contributed by atoms with Crippen LogP contribution in [0.15, 0.2) is 0 Å². The zero-order valence-corrected chi connectivity index (χ0v) is 9.28. The number of likely N-dealkylation sites (tertiary alicyclic amines) is 2. The maximum Gasteiger partial charge on any atom is 0.0224 e. The SMILES string of the molecule is CN1CCCC(N2CCCC(N)C2)C1. The third-order valence-electron chi connectivity index (χ3n) is 3.61. The van der Waals surface area contributed by atoms with Crippen LogP contribution < -0.4 is 5.73 Å². The topological polar surface area (TPSA) is 32.5 Å². The average molecular weight is 197 g/mol. The van der Waals surface area contributed by atoms with Crippen molar-refractivity contribution < 1.29 is 0 Å². The van der Waals surface area contributed by atoms with Crippen molar-refractivity contribution >= 4 is 0 Å². The lowest BCUT2D eigenvalue weighted by Crippen LogP contribution is -2.52. The van der Waals surface area contributed by atoms with Crippen LogP contribution in [0.4, 0.5) is 0 Å². The second-order valence-corrected chi connectivity index (χ2v) is 4.96. The molecule has 0 aromatic heterocycles. The van der Waals surface area contributed by atoms with Crippen LogP contribution in [-0.4, -0.2) is 55.1 Å². The van der Waals surface area contributed by atoms with Crippen molar-refractivity contribution in [2.45, 2.75) is 37.8 Å². The molecule has 0 radical (unpaired) electrons. The zero-order chi connectivity index (χ0) is 9.97. The highest BCUT2D eigenvalue weighted by molar-refractivity contribution is 4.84. The highest BCUT2D eigenvalue weighted by Gasteiger charge is 2.26. The van der Waals surface area contributed by atoms with Crippen molar-refractivity contribution in [2.24, 2.45) is 5.73 Å². The van der Waals surface area contributed by atoms with Crippen molar-refractivity contribution in [3.8, 4) is 0 Å². The molecule has 2 aliphatic heterocycles. The predicted octanol–water partition coefficient (Wildman–Crippen LogP) is 0.504. The van der Waals surface area contributed by atoms with Gasteiger partial charge in [-0.1, -0.05) is 0 Å². The average Bonchev–Trinajstić information content (AvgIpc) is 2.18. The smallest absolute Gasteiger partial charge is 0.0224 e. The quantitative estimate of drug-likeness (QED) is 0.664. The van der Waals surface area contributed by atoms with E-state index in [1.54, 1.807) is 0 Å². The molecule has 2 fully saturated rings. The number of likely N-dealkylation sites (N-methyl/N-ethyl adjacent to an activating group) is 1. The molecule has 2 rings (SSSR count). The van der Waals surface area contributed by atoms with E-state index in [4.69, 9.17) is 5.73 Å². The molecule has 14 heavy (non-hydrogen) atoms. The van der Waals surface area contributed by atoms with Crippen LogP contribution in [0, 0.1) is 0 Å². The number of piperidine rings is 2. The van der Waals surface area contributed by atoms with Crippen LogP contribution in [0.3, 0.4) is 0 Å². The van der Waals surface area contributed by atoms with Crippen molar-refractivity contribution in [3.63, 3.8) is 0 Å². The van der Waals surface area contributed by atoms with E-state index in [0.29, 0.717) is 6.04 Å². The molecule has 0 aromatic rings. The van der Waals surface area contributed by atoms with E-state index in [-0.39, 0.29) is 0 Å². The molecule has 2 unspecified atom stereocenters. The van der Waals surface area contributed by atoms with Gasteiger partial charge in [-0.05, 0) is 45.8 Å². The highest BCUT2D eigenvalue weighted by atomic mass is 15.2. The Morgan fingerprint density at radius 3 is 2.57 bits per heavy atom. The van der Waals surface area contributed by atoms with Gasteiger partial charge >= 0.3 is 0 Å². The van der Waals surface area contributed by atoms with Crippen molar-refractivity contribution in [1.29, 1.82) is 0 Å². The first kappa shape index (κ1) is 10.4. The lowest BCUT2D eigenvalue weighted by atomic mass is 9.99. The van der Waals surface area contributed by atoms with Crippen molar-refractivity contribution in [2.75, 3.05) is 33.2 Å². The number of nitrogens with two attached hydrogens (primary N) is 1. The molecule has 0 aromatic carbocycles. The summed E-state index contributed by atoms with van der Waals surface area (Å²) in [5, 5.41) is 0. The maximum atomic E-state index is 6.01. The van der Waals surface area contributed by atoms with Gasteiger partial charge in [-0.25, -0.2) is 0 Å².